The maximum Gasteiger partial charge on any atom is 0.410 e. The van der Waals surface area contributed by atoms with E-state index in [1.165, 1.54) is 18.2 Å². The van der Waals surface area contributed by atoms with Crippen molar-refractivity contribution in [2.75, 3.05) is 59.1 Å². The molecular formula is C41H49N7O8. The third-order valence-electron chi connectivity index (χ3n) is 9.86. The van der Waals surface area contributed by atoms with E-state index in [9.17, 15) is 19.2 Å². The van der Waals surface area contributed by atoms with Gasteiger partial charge in [-0.05, 0) is 74.6 Å². The summed E-state index contributed by atoms with van der Waals surface area (Å²) in [6.45, 7) is 9.24. The number of ether oxygens (including phenoxy) is 4. The van der Waals surface area contributed by atoms with Gasteiger partial charge in [0.05, 0.1) is 55.7 Å². The molecule has 4 heterocycles. The number of rotatable bonds is 16. The van der Waals surface area contributed by atoms with Crippen molar-refractivity contribution in [1.29, 1.82) is 0 Å². The lowest BCUT2D eigenvalue weighted by Crippen LogP contribution is -2.55. The van der Waals surface area contributed by atoms with Gasteiger partial charge < -0.3 is 39.3 Å². The average molecular weight is 768 g/mol. The van der Waals surface area contributed by atoms with Crippen LogP contribution in [0.15, 0.2) is 48.9 Å². The summed E-state index contributed by atoms with van der Waals surface area (Å²) in [6.07, 6.45) is 9.86. The molecule has 0 radical (unpaired) electrons. The van der Waals surface area contributed by atoms with E-state index in [1.54, 1.807) is 25.5 Å². The van der Waals surface area contributed by atoms with E-state index >= 15 is 0 Å². The zero-order valence-electron chi connectivity index (χ0n) is 32.7. The minimum atomic E-state index is -1.34. The number of amides is 3. The fourth-order valence-electron chi connectivity index (χ4n) is 7.14. The topological polar surface area (TPSA) is 187 Å². The largest absolute Gasteiger partial charge is 0.444 e. The van der Waals surface area contributed by atoms with Crippen LogP contribution in [-0.4, -0.2) is 114 Å². The molecule has 0 saturated heterocycles. The van der Waals surface area contributed by atoms with Gasteiger partial charge in [0.1, 0.15) is 23.2 Å². The van der Waals surface area contributed by atoms with Crippen molar-refractivity contribution in [3.63, 3.8) is 0 Å². The van der Waals surface area contributed by atoms with Crippen LogP contribution >= 0.6 is 0 Å². The third kappa shape index (κ3) is 8.96. The summed E-state index contributed by atoms with van der Waals surface area (Å²) < 4.78 is 22.0. The number of benzene rings is 1. The Hall–Kier alpha value is -5.51. The minimum absolute atomic E-state index is 0.0375. The Morgan fingerprint density at radius 3 is 2.61 bits per heavy atom. The quantitative estimate of drug-likeness (QED) is 0.110. The van der Waals surface area contributed by atoms with E-state index in [0.29, 0.717) is 51.6 Å². The summed E-state index contributed by atoms with van der Waals surface area (Å²) in [7, 11) is 3.15. The molecule has 2 aliphatic rings. The number of carbonyl (C=O) groups is 4. The fraction of sp³-hybridized carbons (Fsp3) is 0.439. The lowest BCUT2D eigenvalue weighted by molar-refractivity contribution is -0.120. The fourth-order valence-corrected chi connectivity index (χ4v) is 7.14. The molecule has 4 aromatic rings. The second kappa shape index (κ2) is 16.7. The number of aldehydes is 1. The highest BCUT2D eigenvalue weighted by Gasteiger charge is 2.52. The number of hydrogen-bond acceptors (Lipinski definition) is 11. The van der Waals surface area contributed by atoms with Crippen LogP contribution in [0.4, 0.5) is 10.6 Å². The molecule has 1 spiro atoms. The normalized spacial score (nSPS) is 17.1. The molecular weight excluding hydrogens is 718 g/mol. The molecule has 1 aliphatic heterocycles. The maximum atomic E-state index is 13.7. The van der Waals surface area contributed by atoms with Gasteiger partial charge in [-0.2, -0.15) is 5.10 Å². The van der Waals surface area contributed by atoms with Crippen LogP contribution in [-0.2, 0) is 53.2 Å². The molecule has 0 unspecified atom stereocenters. The van der Waals surface area contributed by atoms with Crippen molar-refractivity contribution < 1.29 is 38.1 Å². The first-order valence-corrected chi connectivity index (χ1v) is 18.5. The van der Waals surface area contributed by atoms with Crippen molar-refractivity contribution in [1.82, 2.24) is 30.4 Å². The Bertz CT molecular complexity index is 2140. The Morgan fingerprint density at radius 1 is 1.04 bits per heavy atom. The molecule has 6 rings (SSSR count). The van der Waals surface area contributed by atoms with Crippen molar-refractivity contribution >= 4 is 47.0 Å². The smallest absolute Gasteiger partial charge is 0.410 e. The molecule has 15 heteroatoms. The predicted octanol–water partition coefficient (Wildman–Crippen LogP) is 4.12. The number of nitrogens with one attached hydrogen (secondary N) is 3. The van der Waals surface area contributed by atoms with Gasteiger partial charge in [-0.15, -0.1) is 0 Å². The van der Waals surface area contributed by atoms with Crippen molar-refractivity contribution in [2.45, 2.75) is 63.5 Å². The van der Waals surface area contributed by atoms with Crippen LogP contribution in [0.5, 0.6) is 0 Å². The Labute approximate surface area is 325 Å². The number of carbonyl (C=O) groups excluding carboxylic acids is 4. The second-order valence-electron chi connectivity index (χ2n) is 15.5. The van der Waals surface area contributed by atoms with Crippen LogP contribution in [0.3, 0.4) is 0 Å². The SMILES string of the molecule is COC[C@@](C=O)(Cc1cc(C)c2[nH]ncc2c1)NC(=O)c1cnc2c(c1)C[C@@]1(C2)C(=O)Nc2ncc(/C=C/COCCOCCN(C)C(=O)OC(C)(C)C)cc21. The summed E-state index contributed by atoms with van der Waals surface area (Å²) >= 11 is 0. The number of fused-ring (bicyclic) bond motifs is 4. The first-order valence-electron chi connectivity index (χ1n) is 18.5. The van der Waals surface area contributed by atoms with Crippen LogP contribution in [0.2, 0.25) is 0 Å². The number of anilines is 1. The number of likely N-dealkylation sites (N-methyl/N-ethyl adjacent to an activating group) is 1. The summed E-state index contributed by atoms with van der Waals surface area (Å²) in [5.41, 5.74) is 3.26. The Morgan fingerprint density at radius 2 is 1.84 bits per heavy atom. The first kappa shape index (κ1) is 40.2. The number of aromatic nitrogens is 4. The molecule has 0 fully saturated rings. The van der Waals surface area contributed by atoms with Crippen LogP contribution < -0.4 is 10.6 Å². The first-order chi connectivity index (χ1) is 26.7. The highest BCUT2D eigenvalue weighted by atomic mass is 16.6. The predicted molar refractivity (Wildman–Crippen MR) is 208 cm³/mol. The van der Waals surface area contributed by atoms with Crippen LogP contribution in [0.1, 0.15) is 64.6 Å². The highest BCUT2D eigenvalue weighted by molar-refractivity contribution is 6.06. The van der Waals surface area contributed by atoms with Gasteiger partial charge in [0.25, 0.3) is 5.91 Å². The van der Waals surface area contributed by atoms with Crippen molar-refractivity contribution in [3.8, 4) is 0 Å². The zero-order valence-corrected chi connectivity index (χ0v) is 32.7. The lowest BCUT2D eigenvalue weighted by Gasteiger charge is -2.29. The molecule has 0 saturated carbocycles. The summed E-state index contributed by atoms with van der Waals surface area (Å²) in [5, 5.41) is 13.9. The molecule has 3 aromatic heterocycles. The van der Waals surface area contributed by atoms with Gasteiger partial charge in [-0.25, -0.2) is 9.78 Å². The molecule has 56 heavy (non-hydrogen) atoms. The maximum absolute atomic E-state index is 13.7. The number of aromatic amines is 1. The number of pyridine rings is 2. The van der Waals surface area contributed by atoms with Crippen LogP contribution in [0.25, 0.3) is 17.0 Å². The molecule has 1 aromatic carbocycles. The van der Waals surface area contributed by atoms with E-state index in [2.05, 4.69) is 30.8 Å². The molecule has 0 bridgehead atoms. The molecule has 3 amide bonds. The number of hydrogen-bond donors (Lipinski definition) is 3. The van der Waals surface area contributed by atoms with Crippen molar-refractivity contribution in [3.05, 3.63) is 88.0 Å². The van der Waals surface area contributed by atoms with Crippen LogP contribution in [0, 0.1) is 6.92 Å². The molecule has 296 valence electrons. The lowest BCUT2D eigenvalue weighted by atomic mass is 9.79. The number of aryl methyl sites for hydroxylation is 1. The van der Waals surface area contributed by atoms with Gasteiger partial charge in [-0.3, -0.25) is 19.7 Å². The second-order valence-corrected chi connectivity index (χ2v) is 15.5. The zero-order chi connectivity index (χ0) is 40.1. The van der Waals surface area contributed by atoms with E-state index in [4.69, 9.17) is 18.9 Å². The van der Waals surface area contributed by atoms with Crippen molar-refractivity contribution in [2.24, 2.45) is 0 Å². The molecule has 1 aliphatic carbocycles. The van der Waals surface area contributed by atoms with E-state index in [0.717, 1.165) is 50.7 Å². The number of H-pyrrole nitrogens is 1. The van der Waals surface area contributed by atoms with E-state index < -0.39 is 28.6 Å². The molecule has 15 nitrogen and oxygen atoms in total. The minimum Gasteiger partial charge on any atom is -0.444 e. The van der Waals surface area contributed by atoms with Gasteiger partial charge >= 0.3 is 6.09 Å². The van der Waals surface area contributed by atoms with Gasteiger partial charge in [-0.1, -0.05) is 18.2 Å². The van der Waals surface area contributed by atoms with Gasteiger partial charge in [0.2, 0.25) is 5.91 Å². The molecule has 3 N–H and O–H groups in total. The summed E-state index contributed by atoms with van der Waals surface area (Å²) in [5.74, 6) is -0.144. The summed E-state index contributed by atoms with van der Waals surface area (Å²) in [4.78, 5) is 62.6. The monoisotopic (exact) mass is 767 g/mol. The van der Waals surface area contributed by atoms with Gasteiger partial charge in [0.15, 0.2) is 0 Å². The standard InChI is InChI=1S/C41H49N7O8/c1-26-14-28(15-30-23-44-47-34(26)30)18-40(24-49,25-53-6)46-36(50)31-17-29-19-41(20-33(29)42-22-31)32-16-27(21-43-35(32)45-37(41)51)8-7-10-54-12-13-55-11-9-48(5)38(52)56-39(2,3)4/h7-8,14-17,21-24H,9-13,18-20,25H2,1-6H3,(H,44,47)(H,46,50)(H,43,45,51)/b8-7+/t40-,41-/m0/s1. The van der Waals surface area contributed by atoms with E-state index in [1.807, 2.05) is 58.0 Å². The van der Waals surface area contributed by atoms with Gasteiger partial charge in [0, 0.05) is 62.6 Å². The molecule has 2 atom stereocenters. The Balaban J connectivity index is 1.05. The third-order valence-corrected chi connectivity index (χ3v) is 9.86. The summed E-state index contributed by atoms with van der Waals surface area (Å²) in [6, 6.07) is 7.60. The number of methoxy groups -OCH3 is 1. The average Bonchev–Trinajstić information content (AvgIpc) is 3.85. The highest BCUT2D eigenvalue weighted by Crippen LogP contribution is 2.46. The number of nitrogens with zero attached hydrogens (tertiary/aromatic N) is 4. The van der Waals surface area contributed by atoms with E-state index in [-0.39, 0.29) is 24.5 Å². The Kier molecular flexibility index (Phi) is 12.0.